The van der Waals surface area contributed by atoms with Crippen molar-refractivity contribution in [2.24, 2.45) is 15.4 Å². The van der Waals surface area contributed by atoms with Crippen molar-refractivity contribution in [2.75, 3.05) is 0 Å². The topological polar surface area (TPSA) is 106 Å². The van der Waals surface area contributed by atoms with Crippen LogP contribution in [-0.4, -0.2) is 17.2 Å². The van der Waals surface area contributed by atoms with Crippen LogP contribution in [0.3, 0.4) is 0 Å². The van der Waals surface area contributed by atoms with Crippen LogP contribution in [0.2, 0.25) is 0 Å². The molecule has 1 N–H and O–H groups in total. The summed E-state index contributed by atoms with van der Waals surface area (Å²) in [5, 5.41) is 19.9. The number of nitrogens with zero attached hydrogens (tertiary/aromatic N) is 5. The second-order valence-electron chi connectivity index (χ2n) is 2.15. The molecule has 0 unspecified atom stereocenters. The number of allylic oxidation sites excluding steroid dienone is 2. The number of carbonyl (C=O) groups is 1. The Labute approximate surface area is 73.0 Å². The maximum absolute atomic E-state index is 11.1. The molecule has 64 valence electrons. The predicted molar refractivity (Wildman–Crippen MR) is 43.9 cm³/mol. The summed E-state index contributed by atoms with van der Waals surface area (Å²) in [5.74, 6) is -0.317. The highest BCUT2D eigenvalue weighted by Crippen LogP contribution is 2.03. The Morgan fingerprint density at radius 3 is 3.00 bits per heavy atom. The maximum atomic E-state index is 11.1. The first-order chi connectivity index (χ1) is 6.29. The van der Waals surface area contributed by atoms with E-state index in [0.29, 0.717) is 0 Å². The largest absolute Gasteiger partial charge is 0.339 e. The van der Waals surface area contributed by atoms with E-state index in [1.807, 2.05) is 0 Å². The third-order valence-corrected chi connectivity index (χ3v) is 1.39. The predicted octanol–water partition coefficient (Wildman–Crippen LogP) is 1.11. The van der Waals surface area contributed by atoms with Crippen molar-refractivity contribution in [3.05, 3.63) is 17.2 Å². The van der Waals surface area contributed by atoms with Crippen molar-refractivity contribution < 1.29 is 4.79 Å². The van der Waals surface area contributed by atoms with Crippen molar-refractivity contribution in [2.45, 2.75) is 6.42 Å². The summed E-state index contributed by atoms with van der Waals surface area (Å²) in [7, 11) is 0. The molecule has 7 nitrogen and oxygen atoms in total. The van der Waals surface area contributed by atoms with Crippen LogP contribution in [0, 0.1) is 10.9 Å². The van der Waals surface area contributed by atoms with E-state index in [1.165, 1.54) is 6.08 Å². The summed E-state index contributed by atoms with van der Waals surface area (Å²) in [6, 6.07) is 0. The van der Waals surface area contributed by atoms with Gasteiger partial charge in [-0.3, -0.25) is 4.79 Å². The fourth-order valence-corrected chi connectivity index (χ4v) is 0.882. The van der Waals surface area contributed by atoms with Crippen LogP contribution in [0.15, 0.2) is 27.6 Å². The zero-order valence-corrected chi connectivity index (χ0v) is 6.51. The minimum atomic E-state index is -0.317. The molecule has 0 fully saturated rings. The van der Waals surface area contributed by atoms with Crippen molar-refractivity contribution in [1.29, 1.82) is 10.9 Å². The number of hydrogen-bond acceptors (Lipinski definition) is 5. The van der Waals surface area contributed by atoms with Gasteiger partial charge < -0.3 is 0 Å². The lowest BCUT2D eigenvalue weighted by molar-refractivity contribution is -0.112. The van der Waals surface area contributed by atoms with Gasteiger partial charge >= 0.3 is 5.08 Å². The van der Waals surface area contributed by atoms with Gasteiger partial charge in [0.1, 0.15) is 5.71 Å². The smallest absolute Gasteiger partial charge is 0.292 e. The van der Waals surface area contributed by atoms with E-state index in [4.69, 9.17) is 10.9 Å². The molecule has 0 bridgehead atoms. The Hall–Kier alpha value is -2.23. The number of carbonyl (C=O) groups excluding carboxylic acids is 1. The van der Waals surface area contributed by atoms with Crippen molar-refractivity contribution in [1.82, 2.24) is 0 Å². The summed E-state index contributed by atoms with van der Waals surface area (Å²) in [5.41, 5.74) is 6.52. The lowest BCUT2D eigenvalue weighted by Gasteiger charge is -2.01. The Balaban J connectivity index is 3.15. The van der Waals surface area contributed by atoms with Crippen LogP contribution in [0.25, 0.3) is 5.08 Å². The number of hydrogen-bond donors (Lipinski definition) is 1. The highest BCUT2D eigenvalue weighted by molar-refractivity contribution is 6.70. The van der Waals surface area contributed by atoms with E-state index in [-0.39, 0.29) is 23.6 Å². The summed E-state index contributed by atoms with van der Waals surface area (Å²) in [6.45, 7) is 0. The Bertz CT molecular complexity index is 371. The van der Waals surface area contributed by atoms with Crippen LogP contribution in [0.1, 0.15) is 6.42 Å². The van der Waals surface area contributed by atoms with Crippen molar-refractivity contribution in [3.8, 4) is 0 Å². The molecule has 7 heteroatoms. The van der Waals surface area contributed by atoms with Gasteiger partial charge in [-0.2, -0.15) is 5.53 Å². The minimum Gasteiger partial charge on any atom is -0.292 e. The first-order valence-electron chi connectivity index (χ1n) is 3.36. The molecule has 0 spiro atoms. The Morgan fingerprint density at radius 1 is 1.62 bits per heavy atom. The number of rotatable bonds is 1. The summed E-state index contributed by atoms with van der Waals surface area (Å²) in [4.78, 5) is 11.1. The fraction of sp³-hybridized carbons (Fsp3) is 0.167. The van der Waals surface area contributed by atoms with E-state index in [9.17, 15) is 4.79 Å². The monoisotopic (exact) mass is 177 g/mol. The average molecular weight is 177 g/mol. The van der Waals surface area contributed by atoms with Gasteiger partial charge in [0.15, 0.2) is 10.9 Å². The Morgan fingerprint density at radius 2 is 2.38 bits per heavy atom. The fourth-order valence-electron chi connectivity index (χ4n) is 0.882. The van der Waals surface area contributed by atoms with E-state index in [0.717, 1.165) is 0 Å². The molecule has 1 rings (SSSR count). The molecule has 0 saturated heterocycles. The second-order valence-corrected chi connectivity index (χ2v) is 2.15. The molecule has 0 saturated carbocycles. The molecule has 13 heavy (non-hydrogen) atoms. The van der Waals surface area contributed by atoms with Crippen LogP contribution in [0.4, 0.5) is 0 Å². The molecule has 0 aromatic heterocycles. The van der Waals surface area contributed by atoms with Crippen molar-refractivity contribution in [3.63, 3.8) is 0 Å². The lowest BCUT2D eigenvalue weighted by Crippen LogP contribution is -2.25. The van der Waals surface area contributed by atoms with E-state index >= 15 is 0 Å². The van der Waals surface area contributed by atoms with Crippen LogP contribution >= 0.6 is 0 Å². The molecular formula is C6H5N6O+. The highest BCUT2D eigenvalue weighted by Gasteiger charge is 2.23. The number of Topliss-reactive ketones (excluding diaryl/α,β-unsaturated/α-hetero) is 1. The SMILES string of the molecule is N#[N+]N=C1C(=O)CC=CC1=NN=N. The lowest BCUT2D eigenvalue weighted by atomic mass is 10.0. The zero-order chi connectivity index (χ0) is 9.68. The molecule has 1 aliphatic rings. The number of nitrogens with one attached hydrogen (secondary N) is 1. The maximum Gasteiger partial charge on any atom is 0.339 e. The first-order valence-corrected chi connectivity index (χ1v) is 3.36. The summed E-state index contributed by atoms with van der Waals surface area (Å²) in [6.07, 6.45) is 3.25. The van der Waals surface area contributed by atoms with Gasteiger partial charge in [0, 0.05) is 6.42 Å². The quantitative estimate of drug-likeness (QED) is 0.368. The van der Waals surface area contributed by atoms with Gasteiger partial charge in [-0.25, -0.2) is 0 Å². The molecule has 0 heterocycles. The Kier molecular flexibility index (Phi) is 2.70. The number of ketones is 1. The standard InChI is InChI=1S/C6H5N6O/c7-11-9-4-2-1-3-5(13)6(4)10-12-8/h1-2,7H,3H2/q+1. The average Bonchev–Trinajstić information content (AvgIpc) is 2.11. The van der Waals surface area contributed by atoms with E-state index in [2.05, 4.69) is 20.5 Å². The van der Waals surface area contributed by atoms with Gasteiger partial charge in [-0.15, -0.1) is 5.10 Å². The second kappa shape index (κ2) is 3.96. The van der Waals surface area contributed by atoms with E-state index in [1.54, 1.807) is 6.08 Å². The van der Waals surface area contributed by atoms with Crippen LogP contribution < -0.4 is 0 Å². The van der Waals surface area contributed by atoms with Gasteiger partial charge in [0.25, 0.3) is 5.39 Å². The van der Waals surface area contributed by atoms with E-state index < -0.39 is 0 Å². The molecule has 0 aromatic rings. The van der Waals surface area contributed by atoms with Crippen LogP contribution in [-0.2, 0) is 4.79 Å². The number of diazo groups is 1. The van der Waals surface area contributed by atoms with Gasteiger partial charge in [-0.1, -0.05) is 11.3 Å². The third-order valence-electron chi connectivity index (χ3n) is 1.39. The van der Waals surface area contributed by atoms with Crippen molar-refractivity contribution >= 4 is 17.2 Å². The molecule has 0 aliphatic heterocycles. The molecule has 1 aliphatic carbocycles. The first kappa shape index (κ1) is 8.86. The molecular weight excluding hydrogens is 172 g/mol. The van der Waals surface area contributed by atoms with Crippen LogP contribution in [0.5, 0.6) is 0 Å². The van der Waals surface area contributed by atoms with Gasteiger partial charge in [0.05, 0.1) is 0 Å². The molecule has 0 atom stereocenters. The highest BCUT2D eigenvalue weighted by atomic mass is 16.1. The van der Waals surface area contributed by atoms with Gasteiger partial charge in [0.2, 0.25) is 5.71 Å². The zero-order valence-electron chi connectivity index (χ0n) is 6.51. The van der Waals surface area contributed by atoms with Gasteiger partial charge in [-0.05, 0) is 6.08 Å². The third kappa shape index (κ3) is 1.87. The molecule has 0 radical (unpaired) electrons. The molecule has 0 amide bonds. The minimum absolute atomic E-state index is 0.0824. The normalized spacial score (nSPS) is 21.9. The summed E-state index contributed by atoms with van der Waals surface area (Å²) < 4.78 is 0. The molecule has 0 aromatic carbocycles. The summed E-state index contributed by atoms with van der Waals surface area (Å²) >= 11 is 0.